The Kier molecular flexibility index (Phi) is 7.69. The van der Waals surface area contributed by atoms with Crippen molar-refractivity contribution in [3.63, 3.8) is 0 Å². The van der Waals surface area contributed by atoms with Gasteiger partial charge in [0.25, 0.3) is 0 Å². The van der Waals surface area contributed by atoms with Crippen LogP contribution in [-0.4, -0.2) is 45.0 Å². The predicted octanol–water partition coefficient (Wildman–Crippen LogP) is 6.08. The van der Waals surface area contributed by atoms with E-state index in [0.29, 0.717) is 33.4 Å². The molecular weight excluding hydrogens is 573 g/mol. The molecule has 0 radical (unpaired) electrons. The Morgan fingerprint density at radius 3 is 2.67 bits per heavy atom. The second kappa shape index (κ2) is 11.0. The molecule has 0 aliphatic carbocycles. The fourth-order valence-electron chi connectivity index (χ4n) is 4.61. The lowest BCUT2D eigenvalue weighted by molar-refractivity contribution is -0.146. The van der Waals surface area contributed by atoms with Gasteiger partial charge in [-0.2, -0.15) is 13.2 Å². The average Bonchev–Trinajstić information content (AvgIpc) is 3.54. The zero-order valence-corrected chi connectivity index (χ0v) is 22.7. The Bertz CT molecular complexity index is 1560. The number of carboxylic acid groups (broad SMARTS) is 1. The summed E-state index contributed by atoms with van der Waals surface area (Å²) in [4.78, 5) is 15.2. The Morgan fingerprint density at radius 2 is 1.98 bits per heavy atom. The third-order valence-corrected chi connectivity index (χ3v) is 8.03. The summed E-state index contributed by atoms with van der Waals surface area (Å²) in [5, 5.41) is 15.5. The Hall–Kier alpha value is -3.71. The second-order valence-corrected chi connectivity index (χ2v) is 10.6. The van der Waals surface area contributed by atoms with E-state index in [4.69, 9.17) is 30.6 Å². The van der Waals surface area contributed by atoms with Gasteiger partial charge < -0.3 is 19.0 Å². The highest BCUT2D eigenvalue weighted by Crippen LogP contribution is 2.54. The van der Waals surface area contributed by atoms with Crippen LogP contribution in [0.3, 0.4) is 0 Å². The lowest BCUT2D eigenvalue weighted by atomic mass is 10.0. The van der Waals surface area contributed by atoms with E-state index in [2.05, 4.69) is 15.2 Å². The highest BCUT2D eigenvalue weighted by molar-refractivity contribution is 8.00. The molecule has 40 heavy (non-hydrogen) atoms. The molecule has 0 amide bonds. The minimum atomic E-state index is -4.79. The number of aliphatic carboxylic acids is 1. The molecule has 1 aliphatic rings. The van der Waals surface area contributed by atoms with Crippen LogP contribution in [0.4, 0.5) is 13.2 Å². The van der Waals surface area contributed by atoms with Crippen LogP contribution in [0.25, 0.3) is 5.69 Å². The number of para-hydroxylation sites is 1. The minimum Gasteiger partial charge on any atom is -0.493 e. The van der Waals surface area contributed by atoms with E-state index in [1.54, 1.807) is 18.2 Å². The van der Waals surface area contributed by atoms with Crippen LogP contribution >= 0.6 is 23.4 Å². The predicted molar refractivity (Wildman–Crippen MR) is 139 cm³/mol. The zero-order valence-electron chi connectivity index (χ0n) is 21.1. The molecule has 2 aromatic carbocycles. The molecular formula is C26H22ClF3N4O5S. The number of thioether (sulfide) groups is 1. The van der Waals surface area contributed by atoms with E-state index in [1.165, 1.54) is 44.3 Å². The van der Waals surface area contributed by atoms with Crippen LogP contribution in [-0.2, 0) is 23.8 Å². The summed E-state index contributed by atoms with van der Waals surface area (Å²) < 4.78 is 60.5. The van der Waals surface area contributed by atoms with Gasteiger partial charge in [0.15, 0.2) is 23.2 Å². The molecule has 2 aromatic heterocycles. The number of aryl methyl sites for hydroxylation is 1. The average molecular weight is 595 g/mol. The maximum Gasteiger partial charge on any atom is 0.452 e. The maximum absolute atomic E-state index is 14.2. The van der Waals surface area contributed by atoms with Crippen LogP contribution < -0.4 is 9.47 Å². The van der Waals surface area contributed by atoms with Gasteiger partial charge in [-0.1, -0.05) is 23.7 Å². The lowest BCUT2D eigenvalue weighted by Gasteiger charge is -2.23. The molecule has 0 fully saturated rings. The number of alkyl halides is 3. The molecule has 3 heterocycles. The number of oxazole rings is 1. The first-order chi connectivity index (χ1) is 19.1. The number of carboxylic acids is 1. The molecule has 0 saturated carbocycles. The van der Waals surface area contributed by atoms with E-state index in [1.807, 2.05) is 6.07 Å². The fourth-order valence-corrected chi connectivity index (χ4v) is 6.30. The van der Waals surface area contributed by atoms with E-state index in [0.717, 1.165) is 4.57 Å². The van der Waals surface area contributed by atoms with Crippen molar-refractivity contribution in [2.75, 3.05) is 14.2 Å². The zero-order chi connectivity index (χ0) is 28.6. The van der Waals surface area contributed by atoms with E-state index in [-0.39, 0.29) is 36.7 Å². The van der Waals surface area contributed by atoms with Crippen LogP contribution in [0.15, 0.2) is 47.0 Å². The minimum absolute atomic E-state index is 0.0514. The second-order valence-electron chi connectivity index (χ2n) is 8.82. The smallest absolute Gasteiger partial charge is 0.452 e. The van der Waals surface area contributed by atoms with E-state index in [9.17, 15) is 18.0 Å². The fraction of sp³-hybridized carbons (Fsp3) is 0.308. The van der Waals surface area contributed by atoms with Crippen molar-refractivity contribution in [2.24, 2.45) is 0 Å². The van der Waals surface area contributed by atoms with Crippen molar-refractivity contribution >= 4 is 29.3 Å². The van der Waals surface area contributed by atoms with Crippen LogP contribution in [0.5, 0.6) is 11.5 Å². The largest absolute Gasteiger partial charge is 0.493 e. The molecule has 210 valence electrons. The maximum atomic E-state index is 14.2. The monoisotopic (exact) mass is 594 g/mol. The molecule has 0 unspecified atom stereocenters. The number of nitrogens with zero attached hydrogens (tertiary/aromatic N) is 4. The Morgan fingerprint density at radius 1 is 1.18 bits per heavy atom. The molecule has 0 bridgehead atoms. The quantitative estimate of drug-likeness (QED) is 0.259. The van der Waals surface area contributed by atoms with Crippen molar-refractivity contribution in [1.29, 1.82) is 0 Å². The molecule has 0 spiro atoms. The normalized spacial score (nSPS) is 16.6. The molecule has 9 nitrogen and oxygen atoms in total. The van der Waals surface area contributed by atoms with Gasteiger partial charge in [0, 0.05) is 23.4 Å². The van der Waals surface area contributed by atoms with Crippen molar-refractivity contribution in [2.45, 2.75) is 35.9 Å². The molecule has 0 saturated heterocycles. The third kappa shape index (κ3) is 5.35. The number of hydrogen-bond donors (Lipinski definition) is 1. The number of methoxy groups -OCH3 is 2. The van der Waals surface area contributed by atoms with Crippen molar-refractivity contribution in [3.05, 3.63) is 82.0 Å². The molecule has 5 rings (SSSR count). The summed E-state index contributed by atoms with van der Waals surface area (Å²) >= 11 is 7.69. The summed E-state index contributed by atoms with van der Waals surface area (Å²) in [5.41, 5.74) is 1.37. The van der Waals surface area contributed by atoms with Gasteiger partial charge in [0.2, 0.25) is 5.82 Å². The molecule has 1 aliphatic heterocycles. The molecule has 4 aromatic rings. The van der Waals surface area contributed by atoms with Gasteiger partial charge in [-0.15, -0.1) is 22.0 Å². The van der Waals surface area contributed by atoms with Gasteiger partial charge in [0.05, 0.1) is 43.0 Å². The number of aromatic nitrogens is 4. The first kappa shape index (κ1) is 27.8. The molecule has 14 heteroatoms. The number of rotatable bonds is 8. The summed E-state index contributed by atoms with van der Waals surface area (Å²) in [5.74, 6) is -0.656. The van der Waals surface area contributed by atoms with Gasteiger partial charge in [-0.3, -0.25) is 9.36 Å². The third-order valence-electron chi connectivity index (χ3n) is 6.31. The van der Waals surface area contributed by atoms with Crippen molar-refractivity contribution in [3.8, 4) is 17.2 Å². The number of benzene rings is 2. The van der Waals surface area contributed by atoms with Crippen LogP contribution in [0, 0.1) is 0 Å². The SMILES string of the molecule is COc1cccc([C@@H]2S[C@@H](Cc3ncc(CCC(=O)O)o3)c3nnc(C(F)(F)F)n3-c3ccc(Cl)cc32)c1OC. The Balaban J connectivity index is 1.68. The summed E-state index contributed by atoms with van der Waals surface area (Å²) in [6, 6.07) is 9.95. The Labute approximate surface area is 235 Å². The van der Waals surface area contributed by atoms with E-state index < -0.39 is 28.5 Å². The first-order valence-corrected chi connectivity index (χ1v) is 13.3. The number of halogens is 4. The number of fused-ring (bicyclic) bond motifs is 3. The topological polar surface area (TPSA) is 113 Å². The van der Waals surface area contributed by atoms with Crippen molar-refractivity contribution < 1.29 is 37.0 Å². The summed E-state index contributed by atoms with van der Waals surface area (Å²) in [6.07, 6.45) is -3.34. The number of ether oxygens (including phenoxy) is 2. The summed E-state index contributed by atoms with van der Waals surface area (Å²) in [7, 11) is 2.98. The molecule has 1 N–H and O–H groups in total. The standard InChI is InChI=1S/C26H22ClF3N4O5S/c1-37-18-5-3-4-15(22(18)38-2)23-16-10-13(27)6-8-17(16)34-24(32-33-25(34)26(28,29)30)19(40-23)11-20-31-12-14(39-20)7-9-21(35)36/h3-6,8,10,12,19,23H,7,9,11H2,1-2H3,(H,35,36)/t19-,23-/m0/s1. The van der Waals surface area contributed by atoms with Gasteiger partial charge in [-0.25, -0.2) is 4.98 Å². The summed E-state index contributed by atoms with van der Waals surface area (Å²) in [6.45, 7) is 0. The van der Waals surface area contributed by atoms with Crippen molar-refractivity contribution in [1.82, 2.24) is 19.7 Å². The highest BCUT2D eigenvalue weighted by Gasteiger charge is 2.43. The van der Waals surface area contributed by atoms with Gasteiger partial charge >= 0.3 is 12.1 Å². The number of hydrogen-bond acceptors (Lipinski definition) is 8. The van der Waals surface area contributed by atoms with E-state index >= 15 is 0 Å². The number of carbonyl (C=O) groups is 1. The molecule has 2 atom stereocenters. The highest BCUT2D eigenvalue weighted by atomic mass is 35.5. The van der Waals surface area contributed by atoms with Crippen LogP contribution in [0.2, 0.25) is 5.02 Å². The van der Waals surface area contributed by atoms with Gasteiger partial charge in [-0.05, 0) is 29.8 Å². The first-order valence-electron chi connectivity index (χ1n) is 11.9. The lowest BCUT2D eigenvalue weighted by Crippen LogP contribution is -2.16. The van der Waals surface area contributed by atoms with Gasteiger partial charge in [0.1, 0.15) is 5.76 Å². The van der Waals surface area contributed by atoms with Crippen LogP contribution in [0.1, 0.15) is 51.3 Å².